The van der Waals surface area contributed by atoms with Crippen LogP contribution in [0.25, 0.3) is 0 Å². The van der Waals surface area contributed by atoms with Crippen LogP contribution in [0.2, 0.25) is 0 Å². The van der Waals surface area contributed by atoms with Crippen molar-refractivity contribution in [2.45, 2.75) is 38.5 Å². The highest BCUT2D eigenvalue weighted by Gasteiger charge is 2.14. The quantitative estimate of drug-likeness (QED) is 0.543. The molecule has 0 aliphatic heterocycles. The molecule has 1 aromatic carbocycles. The Labute approximate surface area is 114 Å². The highest BCUT2D eigenvalue weighted by molar-refractivity contribution is 5.95. The van der Waals surface area contributed by atoms with Crippen LogP contribution in [0.3, 0.4) is 0 Å². The second-order valence-corrected chi connectivity index (χ2v) is 5.33. The predicted molar refractivity (Wildman–Crippen MR) is 77.5 cm³/mol. The van der Waals surface area contributed by atoms with Gasteiger partial charge in [-0.2, -0.15) is 0 Å². The van der Waals surface area contributed by atoms with Gasteiger partial charge in [-0.15, -0.1) is 0 Å². The van der Waals surface area contributed by atoms with Crippen LogP contribution in [-0.4, -0.2) is 17.6 Å². The van der Waals surface area contributed by atoms with Crippen LogP contribution in [0.15, 0.2) is 18.2 Å². The summed E-state index contributed by atoms with van der Waals surface area (Å²) < 4.78 is 0. The Bertz CT molecular complexity index is 440. The van der Waals surface area contributed by atoms with Crippen LogP contribution in [0.4, 0.5) is 11.4 Å². The average molecular weight is 262 g/mol. The topological polar surface area (TPSA) is 75.3 Å². The van der Waals surface area contributed by atoms with E-state index in [1.807, 2.05) is 0 Å². The van der Waals surface area contributed by atoms with E-state index in [9.17, 15) is 4.79 Å². The summed E-state index contributed by atoms with van der Waals surface area (Å²) in [6, 6.07) is 4.97. The Morgan fingerprint density at radius 3 is 2.79 bits per heavy atom. The molecule has 1 aliphatic carbocycles. The number of benzene rings is 1. The zero-order valence-electron chi connectivity index (χ0n) is 11.2. The lowest BCUT2D eigenvalue weighted by Crippen LogP contribution is -2.09. The normalized spacial score (nSPS) is 15.6. The molecule has 1 fully saturated rings. The molecule has 0 spiro atoms. The van der Waals surface area contributed by atoms with Gasteiger partial charge in [0.2, 0.25) is 0 Å². The zero-order valence-corrected chi connectivity index (χ0v) is 11.2. The number of carboxylic acids is 1. The third kappa shape index (κ3) is 3.88. The molecule has 0 saturated heterocycles. The summed E-state index contributed by atoms with van der Waals surface area (Å²) in [5, 5.41) is 12.3. The first-order valence-electron chi connectivity index (χ1n) is 7.03. The Hall–Kier alpha value is -1.71. The summed E-state index contributed by atoms with van der Waals surface area (Å²) in [6.07, 6.45) is 7.81. The van der Waals surface area contributed by atoms with Gasteiger partial charge in [-0.25, -0.2) is 4.79 Å². The van der Waals surface area contributed by atoms with Gasteiger partial charge in [0.05, 0.1) is 5.56 Å². The van der Waals surface area contributed by atoms with Gasteiger partial charge in [-0.3, -0.25) is 0 Å². The fraction of sp³-hybridized carbons (Fsp3) is 0.533. The third-order valence-corrected chi connectivity index (χ3v) is 3.85. The number of aromatic carboxylic acids is 1. The van der Waals surface area contributed by atoms with Crippen LogP contribution < -0.4 is 11.1 Å². The van der Waals surface area contributed by atoms with Crippen molar-refractivity contribution in [1.82, 2.24) is 0 Å². The van der Waals surface area contributed by atoms with E-state index in [4.69, 9.17) is 10.8 Å². The number of nitrogens with one attached hydrogen (secondary N) is 1. The number of carbonyl (C=O) groups is 1. The second kappa shape index (κ2) is 6.45. The molecule has 0 bridgehead atoms. The number of nitrogen functional groups attached to an aromatic ring is 1. The van der Waals surface area contributed by atoms with Crippen molar-refractivity contribution in [3.8, 4) is 0 Å². The Balaban J connectivity index is 1.83. The summed E-state index contributed by atoms with van der Waals surface area (Å²) >= 11 is 0. The van der Waals surface area contributed by atoms with Gasteiger partial charge in [-0.05, 0) is 37.0 Å². The number of hydrogen-bond acceptors (Lipinski definition) is 3. The molecule has 4 heteroatoms. The molecule has 4 N–H and O–H groups in total. The van der Waals surface area contributed by atoms with E-state index in [2.05, 4.69) is 5.32 Å². The number of carboxylic acid groups (broad SMARTS) is 1. The Kier molecular flexibility index (Phi) is 4.66. The first kappa shape index (κ1) is 13.7. The lowest BCUT2D eigenvalue weighted by atomic mass is 10.0. The molecule has 1 saturated carbocycles. The van der Waals surface area contributed by atoms with E-state index in [-0.39, 0.29) is 5.56 Å². The van der Waals surface area contributed by atoms with Gasteiger partial charge in [0.25, 0.3) is 0 Å². The van der Waals surface area contributed by atoms with E-state index in [0.29, 0.717) is 11.4 Å². The predicted octanol–water partition coefficient (Wildman–Crippen LogP) is 3.35. The molecule has 1 aromatic rings. The molecule has 1 aliphatic rings. The lowest BCUT2D eigenvalue weighted by molar-refractivity contribution is 0.0698. The maximum absolute atomic E-state index is 11.1. The molecular weight excluding hydrogens is 240 g/mol. The van der Waals surface area contributed by atoms with Gasteiger partial charge in [-0.1, -0.05) is 25.7 Å². The smallest absolute Gasteiger partial charge is 0.337 e. The first-order valence-corrected chi connectivity index (χ1v) is 7.03. The van der Waals surface area contributed by atoms with Crippen LogP contribution in [0.1, 0.15) is 48.9 Å². The monoisotopic (exact) mass is 262 g/mol. The van der Waals surface area contributed by atoms with Crippen molar-refractivity contribution in [2.75, 3.05) is 17.6 Å². The molecule has 0 radical (unpaired) electrons. The summed E-state index contributed by atoms with van der Waals surface area (Å²) in [5.41, 5.74) is 7.00. The molecular formula is C15H22N2O2. The van der Waals surface area contributed by atoms with E-state index >= 15 is 0 Å². The minimum atomic E-state index is -0.939. The molecule has 0 aromatic heterocycles. The maximum Gasteiger partial charge on any atom is 0.337 e. The standard InChI is InChI=1S/C15H22N2O2/c16-12-7-8-14(13(10-12)15(18)19)17-9-3-6-11-4-1-2-5-11/h7-8,10-11,17H,1-6,9,16H2,(H,18,19). The molecule has 19 heavy (non-hydrogen) atoms. The first-order chi connectivity index (χ1) is 9.16. The van der Waals surface area contributed by atoms with Gasteiger partial charge in [0.15, 0.2) is 0 Å². The van der Waals surface area contributed by atoms with E-state index < -0.39 is 5.97 Å². The minimum absolute atomic E-state index is 0.251. The molecule has 0 heterocycles. The highest BCUT2D eigenvalue weighted by Crippen LogP contribution is 2.28. The number of hydrogen-bond donors (Lipinski definition) is 3. The largest absolute Gasteiger partial charge is 0.478 e. The average Bonchev–Trinajstić information content (AvgIpc) is 2.89. The molecule has 0 unspecified atom stereocenters. The van der Waals surface area contributed by atoms with Crippen molar-refractivity contribution in [2.24, 2.45) is 5.92 Å². The number of nitrogens with two attached hydrogens (primary N) is 1. The van der Waals surface area contributed by atoms with E-state index in [0.717, 1.165) is 18.9 Å². The highest BCUT2D eigenvalue weighted by atomic mass is 16.4. The van der Waals surface area contributed by atoms with Crippen molar-refractivity contribution in [3.05, 3.63) is 23.8 Å². The van der Waals surface area contributed by atoms with Gasteiger partial charge in [0.1, 0.15) is 0 Å². The Morgan fingerprint density at radius 1 is 1.37 bits per heavy atom. The van der Waals surface area contributed by atoms with Crippen LogP contribution in [-0.2, 0) is 0 Å². The zero-order chi connectivity index (χ0) is 13.7. The van der Waals surface area contributed by atoms with Gasteiger partial charge < -0.3 is 16.2 Å². The minimum Gasteiger partial charge on any atom is -0.478 e. The lowest BCUT2D eigenvalue weighted by Gasteiger charge is -2.12. The van der Waals surface area contributed by atoms with Crippen molar-refractivity contribution >= 4 is 17.3 Å². The van der Waals surface area contributed by atoms with Crippen LogP contribution in [0.5, 0.6) is 0 Å². The van der Waals surface area contributed by atoms with Crippen molar-refractivity contribution in [3.63, 3.8) is 0 Å². The van der Waals surface area contributed by atoms with Gasteiger partial charge >= 0.3 is 5.97 Å². The fourth-order valence-corrected chi connectivity index (χ4v) is 2.81. The fourth-order valence-electron chi connectivity index (χ4n) is 2.81. The molecule has 2 rings (SSSR count). The maximum atomic E-state index is 11.1. The molecule has 0 atom stereocenters. The van der Waals surface area contributed by atoms with Crippen molar-refractivity contribution < 1.29 is 9.90 Å². The van der Waals surface area contributed by atoms with E-state index in [1.165, 1.54) is 38.2 Å². The number of rotatable bonds is 6. The Morgan fingerprint density at radius 2 is 2.11 bits per heavy atom. The summed E-state index contributed by atoms with van der Waals surface area (Å²) in [6.45, 7) is 0.820. The summed E-state index contributed by atoms with van der Waals surface area (Å²) in [4.78, 5) is 11.1. The second-order valence-electron chi connectivity index (χ2n) is 5.33. The molecule has 4 nitrogen and oxygen atoms in total. The number of anilines is 2. The SMILES string of the molecule is Nc1ccc(NCCCC2CCCC2)c(C(=O)O)c1. The van der Waals surface area contributed by atoms with Crippen molar-refractivity contribution in [1.29, 1.82) is 0 Å². The van der Waals surface area contributed by atoms with E-state index in [1.54, 1.807) is 12.1 Å². The summed E-state index contributed by atoms with van der Waals surface area (Å²) in [7, 11) is 0. The van der Waals surface area contributed by atoms with Crippen LogP contribution in [0, 0.1) is 5.92 Å². The van der Waals surface area contributed by atoms with Crippen LogP contribution >= 0.6 is 0 Å². The van der Waals surface area contributed by atoms with Gasteiger partial charge in [0, 0.05) is 17.9 Å². The molecule has 0 amide bonds. The summed E-state index contributed by atoms with van der Waals surface area (Å²) in [5.74, 6) is -0.0576. The third-order valence-electron chi connectivity index (χ3n) is 3.85. The molecule has 104 valence electrons.